The van der Waals surface area contributed by atoms with E-state index in [9.17, 15) is 13.2 Å². The Morgan fingerprint density at radius 3 is 2.42 bits per heavy atom. The van der Waals surface area contributed by atoms with Gasteiger partial charge in [0.15, 0.2) is 5.82 Å². The predicted octanol–water partition coefficient (Wildman–Crippen LogP) is 2.73. The van der Waals surface area contributed by atoms with Crippen LogP contribution in [0, 0.1) is 0 Å². The lowest BCUT2D eigenvalue weighted by Gasteiger charge is -2.37. The second-order valence-electron chi connectivity index (χ2n) is 6.20. The van der Waals surface area contributed by atoms with Gasteiger partial charge in [0.25, 0.3) is 0 Å². The molecule has 1 aliphatic rings. The maximum absolute atomic E-state index is 12.8. The fourth-order valence-corrected chi connectivity index (χ4v) is 2.65. The first-order valence-electron chi connectivity index (χ1n) is 7.51. The van der Waals surface area contributed by atoms with Crippen LogP contribution in [0.15, 0.2) is 24.3 Å². The van der Waals surface area contributed by atoms with Gasteiger partial charge in [0.1, 0.15) is 18.1 Å². The molecule has 0 N–H and O–H groups in total. The van der Waals surface area contributed by atoms with Crippen molar-refractivity contribution >= 4 is 0 Å². The minimum absolute atomic E-state index is 0.328. The molecule has 0 unspecified atom stereocenters. The molecule has 2 heterocycles. The van der Waals surface area contributed by atoms with E-state index in [2.05, 4.69) is 10.1 Å². The fraction of sp³-hybridized carbons (Fsp3) is 0.500. The van der Waals surface area contributed by atoms with Crippen molar-refractivity contribution in [2.75, 3.05) is 20.3 Å². The van der Waals surface area contributed by atoms with E-state index in [-0.39, 0.29) is 0 Å². The van der Waals surface area contributed by atoms with Crippen LogP contribution < -0.4 is 4.74 Å². The van der Waals surface area contributed by atoms with Crippen LogP contribution in [0.4, 0.5) is 13.2 Å². The monoisotopic (exact) mass is 341 g/mol. The second kappa shape index (κ2) is 6.08. The van der Waals surface area contributed by atoms with E-state index in [0.29, 0.717) is 37.0 Å². The Balaban J connectivity index is 1.86. The molecule has 0 atom stereocenters. The van der Waals surface area contributed by atoms with E-state index < -0.39 is 18.1 Å². The summed E-state index contributed by atoms with van der Waals surface area (Å²) in [7, 11) is 1.57. The molecule has 1 aromatic carbocycles. The molecule has 8 heteroatoms. The number of aromatic nitrogens is 3. The zero-order valence-corrected chi connectivity index (χ0v) is 13.4. The number of hydrogen-bond donors (Lipinski definition) is 0. The first-order valence-corrected chi connectivity index (χ1v) is 7.51. The number of nitrogens with zero attached hydrogens (tertiary/aromatic N) is 3. The van der Waals surface area contributed by atoms with Crippen LogP contribution in [0.25, 0.3) is 0 Å². The summed E-state index contributed by atoms with van der Waals surface area (Å²) in [4.78, 5) is 4.37. The van der Waals surface area contributed by atoms with Crippen molar-refractivity contribution in [3.63, 3.8) is 0 Å². The van der Waals surface area contributed by atoms with Crippen LogP contribution in [0.1, 0.15) is 24.1 Å². The third-order valence-corrected chi connectivity index (χ3v) is 3.95. The summed E-state index contributed by atoms with van der Waals surface area (Å²) in [6.07, 6.45) is -3.99. The molecule has 0 bridgehead atoms. The lowest BCUT2D eigenvalue weighted by atomic mass is 9.87. The number of rotatable bonds is 5. The molecular weight excluding hydrogens is 323 g/mol. The molecule has 24 heavy (non-hydrogen) atoms. The predicted molar refractivity (Wildman–Crippen MR) is 80.0 cm³/mol. The summed E-state index contributed by atoms with van der Waals surface area (Å²) in [6, 6.07) is 7.28. The van der Waals surface area contributed by atoms with Crippen molar-refractivity contribution in [1.82, 2.24) is 14.8 Å². The minimum atomic E-state index is -4.35. The number of hydrogen-bond acceptors (Lipinski definition) is 4. The molecule has 1 aliphatic heterocycles. The average Bonchev–Trinajstić information content (AvgIpc) is 2.86. The molecule has 1 fully saturated rings. The number of halogens is 3. The molecule has 130 valence electrons. The van der Waals surface area contributed by atoms with Gasteiger partial charge in [0, 0.05) is 6.42 Å². The summed E-state index contributed by atoms with van der Waals surface area (Å²) in [6.45, 7) is 1.40. The van der Waals surface area contributed by atoms with E-state index in [4.69, 9.17) is 9.47 Å². The topological polar surface area (TPSA) is 49.2 Å². The molecule has 0 radical (unpaired) electrons. The summed E-state index contributed by atoms with van der Waals surface area (Å²) < 4.78 is 49.7. The maximum atomic E-state index is 12.8. The average molecular weight is 341 g/mol. The lowest BCUT2D eigenvalue weighted by Crippen LogP contribution is -2.46. The van der Waals surface area contributed by atoms with Crippen LogP contribution in [0.2, 0.25) is 0 Å². The molecule has 2 aromatic rings. The van der Waals surface area contributed by atoms with Gasteiger partial charge in [-0.1, -0.05) is 12.1 Å². The minimum Gasteiger partial charge on any atom is -0.497 e. The molecule has 0 saturated carbocycles. The lowest BCUT2D eigenvalue weighted by molar-refractivity contribution is -0.145. The number of benzene rings is 1. The van der Waals surface area contributed by atoms with Gasteiger partial charge in [0.05, 0.1) is 25.7 Å². The van der Waals surface area contributed by atoms with Crippen molar-refractivity contribution in [1.29, 1.82) is 0 Å². The quantitative estimate of drug-likeness (QED) is 0.839. The maximum Gasteiger partial charge on any atom is 0.408 e. The summed E-state index contributed by atoms with van der Waals surface area (Å²) >= 11 is 0. The smallest absolute Gasteiger partial charge is 0.408 e. The van der Waals surface area contributed by atoms with Crippen molar-refractivity contribution in [2.45, 2.75) is 31.5 Å². The van der Waals surface area contributed by atoms with Gasteiger partial charge in [-0.15, -0.1) is 0 Å². The normalized spacial score (nSPS) is 16.7. The number of methoxy groups -OCH3 is 1. The summed E-state index contributed by atoms with van der Waals surface area (Å²) in [5, 5.41) is 4.08. The highest BCUT2D eigenvalue weighted by Crippen LogP contribution is 2.32. The van der Waals surface area contributed by atoms with Gasteiger partial charge in [-0.2, -0.15) is 18.3 Å². The first kappa shape index (κ1) is 16.8. The molecular formula is C16H18F3N3O2. The largest absolute Gasteiger partial charge is 0.497 e. The van der Waals surface area contributed by atoms with Crippen LogP contribution in [-0.4, -0.2) is 41.3 Å². The summed E-state index contributed by atoms with van der Waals surface area (Å²) in [5.41, 5.74) is 0.387. The van der Waals surface area contributed by atoms with Crippen LogP contribution in [0.5, 0.6) is 5.75 Å². The first-order chi connectivity index (χ1) is 11.3. The molecule has 1 saturated heterocycles. The van der Waals surface area contributed by atoms with Gasteiger partial charge in [-0.05, 0) is 24.6 Å². The third-order valence-electron chi connectivity index (χ3n) is 3.95. The van der Waals surface area contributed by atoms with Crippen LogP contribution >= 0.6 is 0 Å². The SMILES string of the molecule is COc1ccc(Cc2nc(C3(C)COC3)n(CC(F)(F)F)n2)cc1. The highest BCUT2D eigenvalue weighted by Gasteiger charge is 2.42. The highest BCUT2D eigenvalue weighted by atomic mass is 19.4. The van der Waals surface area contributed by atoms with E-state index in [1.807, 2.05) is 19.1 Å². The zero-order chi connectivity index (χ0) is 17.4. The van der Waals surface area contributed by atoms with Crippen molar-refractivity contribution in [3.05, 3.63) is 41.5 Å². The Morgan fingerprint density at radius 2 is 1.92 bits per heavy atom. The van der Waals surface area contributed by atoms with E-state index >= 15 is 0 Å². The molecule has 5 nitrogen and oxygen atoms in total. The van der Waals surface area contributed by atoms with E-state index in [0.717, 1.165) is 10.2 Å². The van der Waals surface area contributed by atoms with E-state index in [1.54, 1.807) is 19.2 Å². The van der Waals surface area contributed by atoms with Gasteiger partial charge < -0.3 is 9.47 Å². The number of alkyl halides is 3. The molecule has 0 aliphatic carbocycles. The Bertz CT molecular complexity index is 706. The Hall–Kier alpha value is -2.09. The van der Waals surface area contributed by atoms with Crippen LogP contribution in [0.3, 0.4) is 0 Å². The molecule has 0 amide bonds. The Kier molecular flexibility index (Phi) is 4.25. The molecule has 1 aromatic heterocycles. The Labute approximate surface area is 137 Å². The van der Waals surface area contributed by atoms with Gasteiger partial charge in [-0.25, -0.2) is 9.67 Å². The molecule has 0 spiro atoms. The molecule has 3 rings (SSSR count). The van der Waals surface area contributed by atoms with Gasteiger partial charge in [-0.3, -0.25) is 0 Å². The standard InChI is InChI=1S/C16H18F3N3O2/c1-15(9-24-10-15)14-20-13(21-22(14)8-16(17,18)19)7-11-3-5-12(23-2)6-4-11/h3-6H,7-10H2,1-2H3. The Morgan fingerprint density at radius 1 is 1.25 bits per heavy atom. The number of ether oxygens (including phenoxy) is 2. The van der Waals surface area contributed by atoms with Gasteiger partial charge >= 0.3 is 6.18 Å². The van der Waals surface area contributed by atoms with Crippen molar-refractivity contribution in [2.24, 2.45) is 0 Å². The van der Waals surface area contributed by atoms with Crippen LogP contribution in [-0.2, 0) is 23.1 Å². The van der Waals surface area contributed by atoms with Gasteiger partial charge in [0.2, 0.25) is 0 Å². The van der Waals surface area contributed by atoms with Crippen molar-refractivity contribution < 1.29 is 22.6 Å². The van der Waals surface area contributed by atoms with Crippen molar-refractivity contribution in [3.8, 4) is 5.75 Å². The fourth-order valence-electron chi connectivity index (χ4n) is 2.65. The van der Waals surface area contributed by atoms with E-state index in [1.165, 1.54) is 0 Å². The highest BCUT2D eigenvalue weighted by molar-refractivity contribution is 5.29. The third kappa shape index (κ3) is 3.53. The second-order valence-corrected chi connectivity index (χ2v) is 6.20. The zero-order valence-electron chi connectivity index (χ0n) is 13.4. The summed E-state index contributed by atoms with van der Waals surface area (Å²) in [5.74, 6) is 1.41.